The lowest BCUT2D eigenvalue weighted by molar-refractivity contribution is -0.174. The molecule has 0 saturated carbocycles. The van der Waals surface area contributed by atoms with E-state index in [0.29, 0.717) is 20.0 Å². The van der Waals surface area contributed by atoms with Gasteiger partial charge in [0.05, 0.1) is 12.7 Å². The fourth-order valence-corrected chi connectivity index (χ4v) is 1.44. The van der Waals surface area contributed by atoms with Gasteiger partial charge in [-0.25, -0.2) is 0 Å². The monoisotopic (exact) mass is 216 g/mol. The molecule has 0 aromatic rings. The fourth-order valence-electron chi connectivity index (χ4n) is 1.44. The lowest BCUT2D eigenvalue weighted by atomic mass is 10.1. The Labute approximate surface area is 91.1 Å². The average Bonchev–Trinajstić information content (AvgIpc) is 2.23. The minimum atomic E-state index is -0.208. The standard InChI is InChI=1S/C11H20O4/c1-4-14-11-9(2)5-6-10(15-11)7-13-8-12-3/h5,10-11H,4,6-8H2,1-3H3/t10-,11?/m0/s1. The second kappa shape index (κ2) is 6.95. The van der Waals surface area contributed by atoms with Crippen LogP contribution >= 0.6 is 0 Å². The predicted octanol–water partition coefficient (Wildman–Crippen LogP) is 1.70. The van der Waals surface area contributed by atoms with Gasteiger partial charge in [-0.1, -0.05) is 6.08 Å². The van der Waals surface area contributed by atoms with Gasteiger partial charge < -0.3 is 18.9 Å². The molecule has 1 aliphatic heterocycles. The summed E-state index contributed by atoms with van der Waals surface area (Å²) >= 11 is 0. The maximum atomic E-state index is 5.71. The van der Waals surface area contributed by atoms with E-state index in [1.54, 1.807) is 7.11 Å². The Morgan fingerprint density at radius 2 is 2.33 bits per heavy atom. The van der Waals surface area contributed by atoms with E-state index in [-0.39, 0.29) is 12.4 Å². The number of methoxy groups -OCH3 is 1. The molecule has 0 aliphatic carbocycles. The Morgan fingerprint density at radius 3 is 3.00 bits per heavy atom. The van der Waals surface area contributed by atoms with Crippen molar-refractivity contribution in [2.75, 3.05) is 27.1 Å². The first-order valence-electron chi connectivity index (χ1n) is 5.28. The van der Waals surface area contributed by atoms with E-state index < -0.39 is 0 Å². The Hall–Kier alpha value is -0.420. The smallest absolute Gasteiger partial charge is 0.179 e. The first kappa shape index (κ1) is 12.6. The van der Waals surface area contributed by atoms with E-state index in [0.717, 1.165) is 12.0 Å². The van der Waals surface area contributed by atoms with Gasteiger partial charge in [0, 0.05) is 13.7 Å². The highest BCUT2D eigenvalue weighted by Gasteiger charge is 2.22. The predicted molar refractivity (Wildman–Crippen MR) is 56.5 cm³/mol. The zero-order valence-corrected chi connectivity index (χ0v) is 9.69. The molecule has 1 unspecified atom stereocenters. The van der Waals surface area contributed by atoms with Gasteiger partial charge in [0.25, 0.3) is 0 Å². The molecule has 0 saturated heterocycles. The topological polar surface area (TPSA) is 36.9 Å². The minimum absolute atomic E-state index is 0.0698. The van der Waals surface area contributed by atoms with E-state index in [1.807, 2.05) is 13.8 Å². The molecule has 0 radical (unpaired) electrons. The summed E-state index contributed by atoms with van der Waals surface area (Å²) in [4.78, 5) is 0. The minimum Gasteiger partial charge on any atom is -0.359 e. The number of hydrogen-bond donors (Lipinski definition) is 0. The Kier molecular flexibility index (Phi) is 5.86. The molecule has 4 heteroatoms. The van der Waals surface area contributed by atoms with Gasteiger partial charge in [-0.05, 0) is 25.8 Å². The molecular formula is C11H20O4. The highest BCUT2D eigenvalue weighted by Crippen LogP contribution is 2.20. The van der Waals surface area contributed by atoms with Gasteiger partial charge in [0.15, 0.2) is 6.29 Å². The third-order valence-corrected chi connectivity index (χ3v) is 2.21. The van der Waals surface area contributed by atoms with Crippen molar-refractivity contribution in [2.45, 2.75) is 32.7 Å². The average molecular weight is 216 g/mol. The molecule has 0 spiro atoms. The molecule has 4 nitrogen and oxygen atoms in total. The van der Waals surface area contributed by atoms with Gasteiger partial charge in [-0.2, -0.15) is 0 Å². The second-order valence-electron chi connectivity index (χ2n) is 3.51. The van der Waals surface area contributed by atoms with Crippen molar-refractivity contribution in [3.05, 3.63) is 11.6 Å². The Bertz CT molecular complexity index is 203. The van der Waals surface area contributed by atoms with Crippen LogP contribution in [0.25, 0.3) is 0 Å². The molecule has 0 bridgehead atoms. The molecule has 88 valence electrons. The fraction of sp³-hybridized carbons (Fsp3) is 0.818. The summed E-state index contributed by atoms with van der Waals surface area (Å²) in [6.07, 6.45) is 2.88. The van der Waals surface area contributed by atoms with Crippen molar-refractivity contribution >= 4 is 0 Å². The van der Waals surface area contributed by atoms with Crippen molar-refractivity contribution in [3.63, 3.8) is 0 Å². The van der Waals surface area contributed by atoms with Crippen LogP contribution in [0.4, 0.5) is 0 Å². The van der Waals surface area contributed by atoms with E-state index in [9.17, 15) is 0 Å². The molecular weight excluding hydrogens is 196 g/mol. The summed E-state index contributed by atoms with van der Waals surface area (Å²) in [5.74, 6) is 0. The van der Waals surface area contributed by atoms with Gasteiger partial charge in [0.2, 0.25) is 0 Å². The maximum Gasteiger partial charge on any atom is 0.179 e. The molecule has 0 N–H and O–H groups in total. The number of hydrogen-bond acceptors (Lipinski definition) is 4. The normalized spacial score (nSPS) is 26.5. The largest absolute Gasteiger partial charge is 0.359 e. The van der Waals surface area contributed by atoms with Crippen molar-refractivity contribution in [2.24, 2.45) is 0 Å². The molecule has 1 aliphatic rings. The molecule has 0 aromatic heterocycles. The highest BCUT2D eigenvalue weighted by molar-refractivity contribution is 5.06. The van der Waals surface area contributed by atoms with Gasteiger partial charge >= 0.3 is 0 Å². The van der Waals surface area contributed by atoms with E-state index in [2.05, 4.69) is 6.08 Å². The third-order valence-electron chi connectivity index (χ3n) is 2.21. The summed E-state index contributed by atoms with van der Waals surface area (Å²) in [6, 6.07) is 0. The first-order chi connectivity index (χ1) is 7.27. The van der Waals surface area contributed by atoms with Gasteiger partial charge in [0.1, 0.15) is 6.79 Å². The number of ether oxygens (including phenoxy) is 4. The van der Waals surface area contributed by atoms with Crippen LogP contribution in [0.15, 0.2) is 11.6 Å². The van der Waals surface area contributed by atoms with Crippen molar-refractivity contribution in [1.82, 2.24) is 0 Å². The summed E-state index contributed by atoms with van der Waals surface area (Å²) in [7, 11) is 1.61. The Morgan fingerprint density at radius 1 is 1.53 bits per heavy atom. The quantitative estimate of drug-likeness (QED) is 0.385. The molecule has 1 rings (SSSR count). The molecule has 0 aromatic carbocycles. The van der Waals surface area contributed by atoms with E-state index in [4.69, 9.17) is 18.9 Å². The van der Waals surface area contributed by atoms with Crippen LogP contribution in [0.5, 0.6) is 0 Å². The summed E-state index contributed by atoms with van der Waals surface area (Å²) in [5, 5.41) is 0. The molecule has 0 fully saturated rings. The Balaban J connectivity index is 2.31. The molecule has 15 heavy (non-hydrogen) atoms. The lowest BCUT2D eigenvalue weighted by Gasteiger charge is -2.28. The molecule has 2 atom stereocenters. The summed E-state index contributed by atoms with van der Waals surface area (Å²) in [5.41, 5.74) is 1.14. The SMILES string of the molecule is CCOC1O[C@H](COCOC)CC=C1C. The summed E-state index contributed by atoms with van der Waals surface area (Å²) < 4.78 is 21.2. The van der Waals surface area contributed by atoms with E-state index >= 15 is 0 Å². The zero-order valence-electron chi connectivity index (χ0n) is 9.69. The first-order valence-corrected chi connectivity index (χ1v) is 5.28. The maximum absolute atomic E-state index is 5.71. The van der Waals surface area contributed by atoms with Crippen LogP contribution in [-0.4, -0.2) is 39.5 Å². The van der Waals surface area contributed by atoms with E-state index in [1.165, 1.54) is 0 Å². The van der Waals surface area contributed by atoms with Crippen LogP contribution in [-0.2, 0) is 18.9 Å². The van der Waals surface area contributed by atoms with Crippen LogP contribution < -0.4 is 0 Å². The second-order valence-corrected chi connectivity index (χ2v) is 3.51. The summed E-state index contributed by atoms with van der Waals surface area (Å²) in [6.45, 7) is 5.48. The van der Waals surface area contributed by atoms with Gasteiger partial charge in [-0.15, -0.1) is 0 Å². The van der Waals surface area contributed by atoms with Crippen LogP contribution in [0.2, 0.25) is 0 Å². The lowest BCUT2D eigenvalue weighted by Crippen LogP contribution is -2.32. The number of rotatable bonds is 6. The molecule has 1 heterocycles. The van der Waals surface area contributed by atoms with Crippen molar-refractivity contribution in [3.8, 4) is 0 Å². The zero-order chi connectivity index (χ0) is 11.1. The van der Waals surface area contributed by atoms with Crippen LogP contribution in [0, 0.1) is 0 Å². The highest BCUT2D eigenvalue weighted by atomic mass is 16.7. The third kappa shape index (κ3) is 4.30. The van der Waals surface area contributed by atoms with Gasteiger partial charge in [-0.3, -0.25) is 0 Å². The van der Waals surface area contributed by atoms with Crippen molar-refractivity contribution in [1.29, 1.82) is 0 Å². The van der Waals surface area contributed by atoms with Crippen molar-refractivity contribution < 1.29 is 18.9 Å². The van der Waals surface area contributed by atoms with Crippen LogP contribution in [0.1, 0.15) is 20.3 Å². The van der Waals surface area contributed by atoms with Crippen LogP contribution in [0.3, 0.4) is 0 Å². The molecule has 0 amide bonds.